The number of sulfone groups is 1. The van der Waals surface area contributed by atoms with Crippen LogP contribution < -0.4 is 10.1 Å². The lowest BCUT2D eigenvalue weighted by molar-refractivity contribution is 0.313. The van der Waals surface area contributed by atoms with Crippen LogP contribution in [0.5, 0.6) is 5.75 Å². The Labute approximate surface area is 127 Å². The highest BCUT2D eigenvalue weighted by atomic mass is 79.9. The summed E-state index contributed by atoms with van der Waals surface area (Å²) >= 11 is 9.44. The summed E-state index contributed by atoms with van der Waals surface area (Å²) in [5, 5.41) is 3.56. The van der Waals surface area contributed by atoms with Crippen LogP contribution in [-0.4, -0.2) is 40.1 Å². The number of benzene rings is 1. The summed E-state index contributed by atoms with van der Waals surface area (Å²) in [6.45, 7) is 3.35. The van der Waals surface area contributed by atoms with E-state index in [1.165, 1.54) is 6.26 Å². The van der Waals surface area contributed by atoms with E-state index in [9.17, 15) is 8.42 Å². The summed E-state index contributed by atoms with van der Waals surface area (Å²) in [5.74, 6) is 0.792. The van der Waals surface area contributed by atoms with Crippen LogP contribution in [-0.2, 0) is 9.84 Å². The number of hydrogen-bond donors (Lipinski definition) is 1. The van der Waals surface area contributed by atoms with Gasteiger partial charge in [-0.3, -0.25) is 0 Å². The third kappa shape index (κ3) is 6.61. The molecule has 0 saturated heterocycles. The van der Waals surface area contributed by atoms with E-state index in [-0.39, 0.29) is 5.75 Å². The lowest BCUT2D eigenvalue weighted by Gasteiger charge is -2.12. The number of rotatable bonds is 7. The molecule has 1 rings (SSSR count). The lowest BCUT2D eigenvalue weighted by Crippen LogP contribution is -2.26. The molecule has 108 valence electrons. The van der Waals surface area contributed by atoms with Crippen molar-refractivity contribution in [2.24, 2.45) is 0 Å². The smallest absolute Gasteiger partial charge is 0.148 e. The normalized spacial score (nSPS) is 11.6. The minimum atomic E-state index is -2.91. The molecule has 0 saturated carbocycles. The summed E-state index contributed by atoms with van der Waals surface area (Å²) in [5.41, 5.74) is 0.954. The molecule has 19 heavy (non-hydrogen) atoms. The summed E-state index contributed by atoms with van der Waals surface area (Å²) in [6.07, 6.45) is 1.22. The highest BCUT2D eigenvalue weighted by Gasteiger charge is 2.07. The van der Waals surface area contributed by atoms with E-state index < -0.39 is 9.84 Å². The van der Waals surface area contributed by atoms with E-state index in [2.05, 4.69) is 21.2 Å². The first kappa shape index (κ1) is 16.8. The molecule has 0 atom stereocenters. The van der Waals surface area contributed by atoms with Gasteiger partial charge in [-0.05, 0) is 24.6 Å². The van der Waals surface area contributed by atoms with Crippen LogP contribution in [0.2, 0.25) is 5.02 Å². The number of ether oxygens (including phenoxy) is 1. The van der Waals surface area contributed by atoms with Crippen LogP contribution in [0.3, 0.4) is 0 Å². The molecule has 7 heteroatoms. The van der Waals surface area contributed by atoms with Crippen molar-refractivity contribution in [3.63, 3.8) is 0 Å². The molecule has 0 aromatic heterocycles. The van der Waals surface area contributed by atoms with E-state index in [0.717, 1.165) is 10.0 Å². The van der Waals surface area contributed by atoms with Gasteiger partial charge in [0, 0.05) is 23.8 Å². The monoisotopic (exact) mass is 369 g/mol. The van der Waals surface area contributed by atoms with Crippen molar-refractivity contribution in [2.45, 2.75) is 6.92 Å². The van der Waals surface area contributed by atoms with Gasteiger partial charge in [0.1, 0.15) is 22.2 Å². The molecule has 1 aromatic carbocycles. The van der Waals surface area contributed by atoms with Crippen molar-refractivity contribution in [1.29, 1.82) is 0 Å². The Morgan fingerprint density at radius 1 is 1.37 bits per heavy atom. The van der Waals surface area contributed by atoms with Gasteiger partial charge < -0.3 is 10.1 Å². The van der Waals surface area contributed by atoms with Gasteiger partial charge >= 0.3 is 0 Å². The van der Waals surface area contributed by atoms with Crippen LogP contribution >= 0.6 is 27.5 Å². The Bertz CT molecular complexity index is 511. The maximum Gasteiger partial charge on any atom is 0.148 e. The Balaban J connectivity index is 2.34. The van der Waals surface area contributed by atoms with Crippen molar-refractivity contribution in [1.82, 2.24) is 5.32 Å². The topological polar surface area (TPSA) is 55.4 Å². The second kappa shape index (κ2) is 7.47. The molecule has 0 radical (unpaired) electrons. The largest absolute Gasteiger partial charge is 0.490 e. The maximum atomic E-state index is 10.9. The van der Waals surface area contributed by atoms with Gasteiger partial charge in [0.25, 0.3) is 0 Å². The average Bonchev–Trinajstić information content (AvgIpc) is 2.24. The van der Waals surface area contributed by atoms with Crippen LogP contribution in [0.15, 0.2) is 16.6 Å². The minimum Gasteiger partial charge on any atom is -0.490 e. The zero-order valence-corrected chi connectivity index (χ0v) is 14.0. The van der Waals surface area contributed by atoms with E-state index in [1.54, 1.807) is 6.07 Å². The van der Waals surface area contributed by atoms with Crippen molar-refractivity contribution in [3.8, 4) is 5.75 Å². The molecule has 0 aliphatic carbocycles. The van der Waals surface area contributed by atoms with Crippen LogP contribution in [0.1, 0.15) is 5.56 Å². The van der Waals surface area contributed by atoms with Gasteiger partial charge in [-0.15, -0.1) is 0 Å². The Morgan fingerprint density at radius 3 is 2.63 bits per heavy atom. The Morgan fingerprint density at radius 2 is 2.05 bits per heavy atom. The first-order valence-electron chi connectivity index (χ1n) is 5.76. The minimum absolute atomic E-state index is 0.130. The molecule has 0 unspecified atom stereocenters. The van der Waals surface area contributed by atoms with Gasteiger partial charge in [-0.1, -0.05) is 27.5 Å². The van der Waals surface area contributed by atoms with E-state index in [4.69, 9.17) is 16.3 Å². The van der Waals surface area contributed by atoms with E-state index in [0.29, 0.717) is 30.5 Å². The molecular formula is C12H17BrClNO3S. The summed E-state index contributed by atoms with van der Waals surface area (Å²) in [6, 6.07) is 3.71. The number of nitrogens with one attached hydrogen (secondary N) is 1. The third-order valence-corrected chi connectivity index (χ3v) is 4.05. The molecular weight excluding hydrogens is 354 g/mol. The summed E-state index contributed by atoms with van der Waals surface area (Å²) in [7, 11) is -2.91. The first-order chi connectivity index (χ1) is 8.79. The second-order valence-corrected chi connectivity index (χ2v) is 7.84. The molecule has 1 aromatic rings. The third-order valence-electron chi connectivity index (χ3n) is 2.37. The Kier molecular flexibility index (Phi) is 6.59. The zero-order chi connectivity index (χ0) is 14.5. The maximum absolute atomic E-state index is 10.9. The van der Waals surface area contributed by atoms with E-state index in [1.807, 2.05) is 13.0 Å². The van der Waals surface area contributed by atoms with Crippen LogP contribution in [0, 0.1) is 6.92 Å². The van der Waals surface area contributed by atoms with Crippen LogP contribution in [0.25, 0.3) is 0 Å². The fraction of sp³-hybridized carbons (Fsp3) is 0.500. The van der Waals surface area contributed by atoms with Crippen LogP contribution in [0.4, 0.5) is 0 Å². The number of hydrogen-bond acceptors (Lipinski definition) is 4. The molecule has 0 amide bonds. The fourth-order valence-electron chi connectivity index (χ4n) is 1.48. The zero-order valence-electron chi connectivity index (χ0n) is 10.9. The molecule has 0 spiro atoms. The molecule has 0 bridgehead atoms. The second-order valence-electron chi connectivity index (χ2n) is 4.26. The van der Waals surface area contributed by atoms with Crippen molar-refractivity contribution < 1.29 is 13.2 Å². The first-order valence-corrected chi connectivity index (χ1v) is 8.99. The highest BCUT2D eigenvalue weighted by Crippen LogP contribution is 2.31. The number of aryl methyl sites for hydroxylation is 1. The standard InChI is InChI=1S/C12H17BrClNO3S/c1-9-7-10(13)8-11(14)12(9)18-5-3-15-4-6-19(2,16)17/h7-8,15H,3-6H2,1-2H3. The van der Waals surface area contributed by atoms with Gasteiger partial charge in [-0.2, -0.15) is 0 Å². The van der Waals surface area contributed by atoms with Crippen molar-refractivity contribution in [3.05, 3.63) is 27.2 Å². The number of halogens is 2. The van der Waals surface area contributed by atoms with E-state index >= 15 is 0 Å². The Hall–Kier alpha value is -0.300. The van der Waals surface area contributed by atoms with Crippen molar-refractivity contribution >= 4 is 37.4 Å². The van der Waals surface area contributed by atoms with Gasteiger partial charge in [-0.25, -0.2) is 8.42 Å². The molecule has 0 fully saturated rings. The molecule has 0 heterocycles. The predicted molar refractivity (Wildman–Crippen MR) is 82.0 cm³/mol. The quantitative estimate of drug-likeness (QED) is 0.749. The average molecular weight is 371 g/mol. The lowest BCUT2D eigenvalue weighted by atomic mass is 10.2. The van der Waals surface area contributed by atoms with Crippen molar-refractivity contribution in [2.75, 3.05) is 31.7 Å². The summed E-state index contributed by atoms with van der Waals surface area (Å²) in [4.78, 5) is 0. The fourth-order valence-corrected chi connectivity index (χ4v) is 3.02. The molecule has 0 aliphatic rings. The summed E-state index contributed by atoms with van der Waals surface area (Å²) < 4.78 is 28.3. The predicted octanol–water partition coefficient (Wildman–Crippen LogP) is 2.42. The van der Waals surface area contributed by atoms with Gasteiger partial charge in [0.15, 0.2) is 0 Å². The molecule has 1 N–H and O–H groups in total. The van der Waals surface area contributed by atoms with Gasteiger partial charge in [0.05, 0.1) is 10.8 Å². The van der Waals surface area contributed by atoms with Gasteiger partial charge in [0.2, 0.25) is 0 Å². The molecule has 0 aliphatic heterocycles. The SMILES string of the molecule is Cc1cc(Br)cc(Cl)c1OCCNCCS(C)(=O)=O. The molecule has 4 nitrogen and oxygen atoms in total. The highest BCUT2D eigenvalue weighted by molar-refractivity contribution is 9.10.